The lowest BCUT2D eigenvalue weighted by atomic mass is 9.76. The molecule has 4 nitrogen and oxygen atoms in total. The molecule has 2 rings (SSSR count). The summed E-state index contributed by atoms with van der Waals surface area (Å²) in [6, 6.07) is 0.355. The van der Waals surface area contributed by atoms with E-state index in [0.29, 0.717) is 12.6 Å². The highest BCUT2D eigenvalue weighted by Gasteiger charge is 2.42. The van der Waals surface area contributed by atoms with Crippen molar-refractivity contribution in [3.05, 3.63) is 0 Å². The van der Waals surface area contributed by atoms with Crippen molar-refractivity contribution in [2.24, 2.45) is 5.41 Å². The molecular weight excluding hydrogens is 252 g/mol. The van der Waals surface area contributed by atoms with Crippen LogP contribution in [0.2, 0.25) is 0 Å². The normalized spacial score (nSPS) is 28.3. The average molecular weight is 282 g/mol. The molecule has 116 valence electrons. The summed E-state index contributed by atoms with van der Waals surface area (Å²) in [6.45, 7) is 4.54. The summed E-state index contributed by atoms with van der Waals surface area (Å²) in [7, 11) is 0. The quantitative estimate of drug-likeness (QED) is 0.810. The van der Waals surface area contributed by atoms with E-state index in [4.69, 9.17) is 0 Å². The van der Waals surface area contributed by atoms with Gasteiger partial charge in [0.2, 0.25) is 5.91 Å². The van der Waals surface area contributed by atoms with Crippen LogP contribution in [0.25, 0.3) is 0 Å². The maximum Gasteiger partial charge on any atom is 0.230 e. The number of carbonyl (C=O) groups is 1. The van der Waals surface area contributed by atoms with E-state index in [2.05, 4.69) is 12.2 Å². The Morgan fingerprint density at radius 3 is 2.60 bits per heavy atom. The molecule has 0 aromatic heterocycles. The minimum absolute atomic E-state index is 0.0788. The fourth-order valence-corrected chi connectivity index (χ4v) is 3.86. The van der Waals surface area contributed by atoms with Crippen molar-refractivity contribution in [2.75, 3.05) is 26.2 Å². The first-order valence-corrected chi connectivity index (χ1v) is 8.36. The van der Waals surface area contributed by atoms with Crippen molar-refractivity contribution in [1.82, 2.24) is 10.2 Å². The molecule has 2 fully saturated rings. The van der Waals surface area contributed by atoms with Crippen molar-refractivity contribution < 1.29 is 9.90 Å². The van der Waals surface area contributed by atoms with Gasteiger partial charge in [-0.15, -0.1) is 0 Å². The van der Waals surface area contributed by atoms with Crippen molar-refractivity contribution in [3.8, 4) is 0 Å². The summed E-state index contributed by atoms with van der Waals surface area (Å²) in [6.07, 6.45) is 8.92. The molecule has 0 spiro atoms. The van der Waals surface area contributed by atoms with Crippen LogP contribution in [0, 0.1) is 5.41 Å². The zero-order chi connectivity index (χ0) is 14.4. The first-order valence-electron chi connectivity index (χ1n) is 8.36. The van der Waals surface area contributed by atoms with Gasteiger partial charge in [0.1, 0.15) is 0 Å². The zero-order valence-corrected chi connectivity index (χ0v) is 12.9. The number of carbonyl (C=O) groups excluding carboxylic acids is 1. The highest BCUT2D eigenvalue weighted by molar-refractivity contribution is 5.83. The van der Waals surface area contributed by atoms with Crippen LogP contribution in [0.4, 0.5) is 0 Å². The molecule has 1 heterocycles. The number of aliphatic hydroxyl groups is 1. The number of rotatable bonds is 5. The molecule has 0 aromatic carbocycles. The van der Waals surface area contributed by atoms with Gasteiger partial charge in [-0.05, 0) is 38.6 Å². The molecule has 4 heteroatoms. The second kappa shape index (κ2) is 7.41. The van der Waals surface area contributed by atoms with Crippen molar-refractivity contribution in [3.63, 3.8) is 0 Å². The summed E-state index contributed by atoms with van der Waals surface area (Å²) >= 11 is 0. The molecule has 0 radical (unpaired) electrons. The molecule has 1 aliphatic heterocycles. The molecule has 1 amide bonds. The smallest absolute Gasteiger partial charge is 0.230 e. The molecule has 1 unspecified atom stereocenters. The highest BCUT2D eigenvalue weighted by atomic mass is 16.3. The summed E-state index contributed by atoms with van der Waals surface area (Å²) in [5, 5.41) is 12.8. The summed E-state index contributed by atoms with van der Waals surface area (Å²) in [4.78, 5) is 15.1. The van der Waals surface area contributed by atoms with Crippen LogP contribution in [0.15, 0.2) is 0 Å². The fraction of sp³-hybridized carbons (Fsp3) is 0.938. The van der Waals surface area contributed by atoms with Crippen molar-refractivity contribution in [1.29, 1.82) is 0 Å². The minimum atomic E-state index is -0.231. The van der Waals surface area contributed by atoms with Crippen LogP contribution in [0.3, 0.4) is 0 Å². The number of hydrogen-bond acceptors (Lipinski definition) is 3. The van der Waals surface area contributed by atoms with Gasteiger partial charge >= 0.3 is 0 Å². The van der Waals surface area contributed by atoms with Crippen LogP contribution in [-0.2, 0) is 4.79 Å². The van der Waals surface area contributed by atoms with Crippen LogP contribution >= 0.6 is 0 Å². The van der Waals surface area contributed by atoms with E-state index >= 15 is 0 Å². The number of hydrogen-bond donors (Lipinski definition) is 2. The van der Waals surface area contributed by atoms with Gasteiger partial charge < -0.3 is 15.3 Å². The lowest BCUT2D eigenvalue weighted by molar-refractivity contribution is -0.147. The molecule has 20 heavy (non-hydrogen) atoms. The molecule has 2 N–H and O–H groups in total. The lowest BCUT2D eigenvalue weighted by Crippen LogP contribution is -2.55. The predicted octanol–water partition coefficient (Wildman–Crippen LogP) is 1.92. The Morgan fingerprint density at radius 2 is 2.05 bits per heavy atom. The number of nitrogens with one attached hydrogen (secondary N) is 1. The number of piperidine rings is 1. The molecule has 1 atom stereocenters. The number of amides is 1. The van der Waals surface area contributed by atoms with Crippen LogP contribution < -0.4 is 5.32 Å². The Kier molecular flexibility index (Phi) is 5.85. The Balaban J connectivity index is 2.11. The van der Waals surface area contributed by atoms with Crippen molar-refractivity contribution in [2.45, 2.75) is 64.3 Å². The second-order valence-corrected chi connectivity index (χ2v) is 6.43. The van der Waals surface area contributed by atoms with Crippen LogP contribution in [0.5, 0.6) is 0 Å². The van der Waals surface area contributed by atoms with E-state index in [1.165, 1.54) is 19.3 Å². The Labute approximate surface area is 122 Å². The summed E-state index contributed by atoms with van der Waals surface area (Å²) in [5.41, 5.74) is -0.231. The van der Waals surface area contributed by atoms with Gasteiger partial charge in [-0.3, -0.25) is 4.79 Å². The molecule has 2 aliphatic rings. The van der Waals surface area contributed by atoms with E-state index in [1.54, 1.807) is 0 Å². The molecule has 0 bridgehead atoms. The molecule has 0 aromatic rings. The highest BCUT2D eigenvalue weighted by Crippen LogP contribution is 2.34. The van der Waals surface area contributed by atoms with Gasteiger partial charge in [0.05, 0.1) is 12.0 Å². The Morgan fingerprint density at radius 1 is 1.30 bits per heavy atom. The van der Waals surface area contributed by atoms with Crippen molar-refractivity contribution >= 4 is 5.91 Å². The van der Waals surface area contributed by atoms with Gasteiger partial charge in [0.15, 0.2) is 0 Å². The van der Waals surface area contributed by atoms with E-state index in [-0.39, 0.29) is 17.9 Å². The first-order chi connectivity index (χ1) is 9.73. The maximum atomic E-state index is 13.1. The van der Waals surface area contributed by atoms with Crippen LogP contribution in [-0.4, -0.2) is 48.2 Å². The first kappa shape index (κ1) is 15.8. The summed E-state index contributed by atoms with van der Waals surface area (Å²) in [5.74, 6) is 0.285. The number of nitrogens with zero attached hydrogens (tertiary/aromatic N) is 1. The molecule has 1 aliphatic carbocycles. The molecular formula is C16H30N2O2. The van der Waals surface area contributed by atoms with Gasteiger partial charge in [-0.1, -0.05) is 26.2 Å². The third-order valence-corrected chi connectivity index (χ3v) is 5.22. The third-order valence-electron chi connectivity index (χ3n) is 5.22. The third kappa shape index (κ3) is 3.34. The zero-order valence-electron chi connectivity index (χ0n) is 12.9. The average Bonchev–Trinajstić information content (AvgIpc) is 2.53. The largest absolute Gasteiger partial charge is 0.395 e. The van der Waals surface area contributed by atoms with Gasteiger partial charge in [0, 0.05) is 19.1 Å². The monoisotopic (exact) mass is 282 g/mol. The number of aliphatic hydroxyl groups excluding tert-OH is 1. The van der Waals surface area contributed by atoms with E-state index in [9.17, 15) is 9.90 Å². The standard InChI is InChI=1S/C16H30N2O2/c1-2-16(9-6-10-17-13-16)15(20)18(11-12-19)14-7-4-3-5-8-14/h14,17,19H,2-13H2,1H3. The SMILES string of the molecule is CCC1(C(=O)N(CCO)C2CCCCC2)CCCNC1. The van der Waals surface area contributed by atoms with Crippen LogP contribution in [0.1, 0.15) is 58.3 Å². The van der Waals surface area contributed by atoms with Gasteiger partial charge in [-0.25, -0.2) is 0 Å². The lowest BCUT2D eigenvalue weighted by Gasteiger charge is -2.43. The fourth-order valence-electron chi connectivity index (χ4n) is 3.86. The molecule has 1 saturated carbocycles. The van der Waals surface area contributed by atoms with E-state index in [1.807, 2.05) is 4.90 Å². The second-order valence-electron chi connectivity index (χ2n) is 6.43. The Bertz CT molecular complexity index is 308. The Hall–Kier alpha value is -0.610. The topological polar surface area (TPSA) is 52.6 Å². The van der Waals surface area contributed by atoms with Gasteiger partial charge in [-0.2, -0.15) is 0 Å². The summed E-state index contributed by atoms with van der Waals surface area (Å²) < 4.78 is 0. The van der Waals surface area contributed by atoms with E-state index in [0.717, 1.165) is 45.2 Å². The van der Waals surface area contributed by atoms with Gasteiger partial charge in [0.25, 0.3) is 0 Å². The maximum absolute atomic E-state index is 13.1. The minimum Gasteiger partial charge on any atom is -0.395 e. The molecule has 1 saturated heterocycles. The predicted molar refractivity (Wildman–Crippen MR) is 80.5 cm³/mol. The van der Waals surface area contributed by atoms with E-state index < -0.39 is 0 Å².